The van der Waals surface area contributed by atoms with E-state index in [4.69, 9.17) is 4.74 Å². The second-order valence-corrected chi connectivity index (χ2v) is 7.87. The summed E-state index contributed by atoms with van der Waals surface area (Å²) in [7, 11) is -0.346. The average Bonchev–Trinajstić information content (AvgIpc) is 2.71. The molecule has 1 aromatic heterocycles. The molecule has 1 unspecified atom stereocenters. The molecule has 2 rings (SSSR count). The highest BCUT2D eigenvalue weighted by Gasteiger charge is 2.26. The van der Waals surface area contributed by atoms with E-state index >= 15 is 0 Å². The van der Waals surface area contributed by atoms with Crippen molar-refractivity contribution in [3.05, 3.63) is 39.6 Å². The van der Waals surface area contributed by atoms with E-state index in [1.54, 1.807) is 45.7 Å². The van der Waals surface area contributed by atoms with Gasteiger partial charge in [0.15, 0.2) is 0 Å². The smallest absolute Gasteiger partial charge is 0.244 e. The van der Waals surface area contributed by atoms with Gasteiger partial charge in [0.2, 0.25) is 10.0 Å². The van der Waals surface area contributed by atoms with E-state index in [1.165, 1.54) is 0 Å². The number of halogens is 1. The second-order valence-electron chi connectivity index (χ2n) is 5.36. The predicted molar refractivity (Wildman–Crippen MR) is 92.1 cm³/mol. The quantitative estimate of drug-likeness (QED) is 0.835. The van der Waals surface area contributed by atoms with E-state index in [-0.39, 0.29) is 10.9 Å². The molecule has 6 nitrogen and oxygen atoms in total. The molecule has 0 bridgehead atoms. The number of aryl methyl sites for hydroxylation is 2. The first-order valence-corrected chi connectivity index (χ1v) is 9.31. The highest BCUT2D eigenvalue weighted by atomic mass is 79.9. The summed E-state index contributed by atoms with van der Waals surface area (Å²) in [5.74, 6) is 0.697. The van der Waals surface area contributed by atoms with Gasteiger partial charge in [-0.15, -0.1) is 0 Å². The highest BCUT2D eigenvalue weighted by molar-refractivity contribution is 9.10. The fraction of sp³-hybridized carbons (Fsp3) is 0.400. The second kappa shape index (κ2) is 6.62. The first kappa shape index (κ1) is 18.0. The molecule has 0 amide bonds. The van der Waals surface area contributed by atoms with Gasteiger partial charge in [0.25, 0.3) is 0 Å². The molecule has 1 aromatic carbocycles. The summed E-state index contributed by atoms with van der Waals surface area (Å²) in [5, 5.41) is 4.17. The largest absolute Gasteiger partial charge is 0.496 e. The maximum Gasteiger partial charge on any atom is 0.244 e. The Bertz CT molecular complexity index is 831. The third-order valence-corrected chi connectivity index (χ3v) is 6.13. The zero-order chi connectivity index (χ0) is 17.4. The zero-order valence-electron chi connectivity index (χ0n) is 13.7. The van der Waals surface area contributed by atoms with Crippen LogP contribution in [0, 0.1) is 13.8 Å². The molecule has 0 spiro atoms. The van der Waals surface area contributed by atoms with E-state index in [1.807, 2.05) is 12.1 Å². The molecule has 126 valence electrons. The Labute approximate surface area is 145 Å². The van der Waals surface area contributed by atoms with Crippen molar-refractivity contribution in [2.75, 3.05) is 7.11 Å². The van der Waals surface area contributed by atoms with Gasteiger partial charge in [-0.05, 0) is 54.4 Å². The van der Waals surface area contributed by atoms with Crippen LogP contribution in [0.2, 0.25) is 0 Å². The summed E-state index contributed by atoms with van der Waals surface area (Å²) >= 11 is 3.41. The van der Waals surface area contributed by atoms with Gasteiger partial charge >= 0.3 is 0 Å². The number of benzene rings is 1. The van der Waals surface area contributed by atoms with Crippen molar-refractivity contribution in [2.45, 2.75) is 31.7 Å². The van der Waals surface area contributed by atoms with Gasteiger partial charge in [-0.25, -0.2) is 13.1 Å². The topological polar surface area (TPSA) is 73.2 Å². The van der Waals surface area contributed by atoms with Crippen molar-refractivity contribution in [2.24, 2.45) is 7.05 Å². The van der Waals surface area contributed by atoms with Crippen molar-refractivity contribution >= 4 is 26.0 Å². The van der Waals surface area contributed by atoms with Crippen molar-refractivity contribution < 1.29 is 13.2 Å². The fourth-order valence-electron chi connectivity index (χ4n) is 2.45. The fourth-order valence-corrected chi connectivity index (χ4v) is 4.68. The molecule has 0 saturated carbocycles. The Kier molecular flexibility index (Phi) is 5.17. The first-order valence-electron chi connectivity index (χ1n) is 7.03. The van der Waals surface area contributed by atoms with Gasteiger partial charge in [-0.1, -0.05) is 6.07 Å². The normalized spacial score (nSPS) is 13.1. The van der Waals surface area contributed by atoms with Gasteiger partial charge in [0.05, 0.1) is 23.0 Å². The molecule has 0 radical (unpaired) electrons. The molecule has 1 atom stereocenters. The van der Waals surface area contributed by atoms with Gasteiger partial charge in [0.1, 0.15) is 10.6 Å². The summed E-state index contributed by atoms with van der Waals surface area (Å²) in [5.41, 5.74) is 1.93. The van der Waals surface area contributed by atoms with Crippen molar-refractivity contribution in [3.8, 4) is 5.75 Å². The number of hydrogen-bond acceptors (Lipinski definition) is 4. The van der Waals surface area contributed by atoms with Crippen LogP contribution in [0.1, 0.15) is 29.9 Å². The van der Waals surface area contributed by atoms with Crippen LogP contribution < -0.4 is 9.46 Å². The van der Waals surface area contributed by atoms with Crippen LogP contribution in [0.15, 0.2) is 27.6 Å². The molecule has 8 heteroatoms. The van der Waals surface area contributed by atoms with E-state index in [2.05, 4.69) is 25.8 Å². The molecule has 0 aliphatic heterocycles. The summed E-state index contributed by atoms with van der Waals surface area (Å²) in [6, 6.07) is 5.08. The third kappa shape index (κ3) is 3.59. The number of nitrogens with zero attached hydrogens (tertiary/aromatic N) is 2. The number of aromatic nitrogens is 2. The lowest BCUT2D eigenvalue weighted by Crippen LogP contribution is -2.27. The van der Waals surface area contributed by atoms with Gasteiger partial charge in [-0.2, -0.15) is 5.10 Å². The van der Waals surface area contributed by atoms with Crippen molar-refractivity contribution in [1.29, 1.82) is 0 Å². The number of ether oxygens (including phenoxy) is 1. The van der Waals surface area contributed by atoms with Crippen LogP contribution in [-0.4, -0.2) is 25.3 Å². The standard InChI is InChI=1S/C15H20BrN3O3S/c1-9(12-6-7-14(22-5)13(16)8-12)18-23(20,21)15-10(2)17-19(4)11(15)3/h6-9,18H,1-5H3. The van der Waals surface area contributed by atoms with E-state index in [0.717, 1.165) is 10.0 Å². The summed E-state index contributed by atoms with van der Waals surface area (Å²) in [6.07, 6.45) is 0. The lowest BCUT2D eigenvalue weighted by Gasteiger charge is -2.16. The lowest BCUT2D eigenvalue weighted by molar-refractivity contribution is 0.412. The third-order valence-electron chi connectivity index (χ3n) is 3.72. The van der Waals surface area contributed by atoms with Gasteiger partial charge in [0, 0.05) is 13.1 Å². The average molecular weight is 402 g/mol. The minimum atomic E-state index is -3.66. The summed E-state index contributed by atoms with van der Waals surface area (Å²) < 4.78 is 35.6. The van der Waals surface area contributed by atoms with Crippen LogP contribution in [0.4, 0.5) is 0 Å². The Hall–Kier alpha value is -1.38. The Morgan fingerprint density at radius 3 is 2.48 bits per heavy atom. The SMILES string of the molecule is COc1ccc(C(C)NS(=O)(=O)c2c(C)nn(C)c2C)cc1Br. The summed E-state index contributed by atoms with van der Waals surface area (Å²) in [6.45, 7) is 5.23. The molecule has 0 aliphatic rings. The Morgan fingerprint density at radius 1 is 1.35 bits per heavy atom. The Morgan fingerprint density at radius 2 is 2.00 bits per heavy atom. The number of sulfonamides is 1. The molecule has 1 N–H and O–H groups in total. The molecular weight excluding hydrogens is 382 g/mol. The minimum absolute atomic E-state index is 0.236. The molecule has 23 heavy (non-hydrogen) atoms. The Balaban J connectivity index is 2.31. The van der Waals surface area contributed by atoms with Gasteiger partial charge < -0.3 is 4.74 Å². The molecule has 1 heterocycles. The predicted octanol–water partition coefficient (Wildman–Crippen LogP) is 2.85. The maximum absolute atomic E-state index is 12.7. The van der Waals surface area contributed by atoms with Crippen LogP contribution in [0.3, 0.4) is 0 Å². The molecule has 0 aliphatic carbocycles. The molecular formula is C15H20BrN3O3S. The van der Waals surface area contributed by atoms with E-state index in [0.29, 0.717) is 17.1 Å². The van der Waals surface area contributed by atoms with E-state index in [9.17, 15) is 8.42 Å². The maximum atomic E-state index is 12.7. The van der Waals surface area contributed by atoms with Crippen LogP contribution >= 0.6 is 15.9 Å². The van der Waals surface area contributed by atoms with Crippen LogP contribution in [0.25, 0.3) is 0 Å². The summed E-state index contributed by atoms with van der Waals surface area (Å²) in [4.78, 5) is 0.236. The number of rotatable bonds is 5. The number of nitrogens with one attached hydrogen (secondary N) is 1. The zero-order valence-corrected chi connectivity index (χ0v) is 16.1. The minimum Gasteiger partial charge on any atom is -0.496 e. The molecule has 2 aromatic rings. The molecule has 0 fully saturated rings. The number of methoxy groups -OCH3 is 1. The number of hydrogen-bond donors (Lipinski definition) is 1. The monoisotopic (exact) mass is 401 g/mol. The van der Waals surface area contributed by atoms with Crippen molar-refractivity contribution in [1.82, 2.24) is 14.5 Å². The van der Waals surface area contributed by atoms with E-state index < -0.39 is 10.0 Å². The van der Waals surface area contributed by atoms with Gasteiger partial charge in [-0.3, -0.25) is 4.68 Å². The van der Waals surface area contributed by atoms with Crippen molar-refractivity contribution in [3.63, 3.8) is 0 Å². The first-order chi connectivity index (χ1) is 10.7. The van der Waals surface area contributed by atoms with Crippen LogP contribution in [-0.2, 0) is 17.1 Å². The van der Waals surface area contributed by atoms with Crippen LogP contribution in [0.5, 0.6) is 5.75 Å². The highest BCUT2D eigenvalue weighted by Crippen LogP contribution is 2.29. The lowest BCUT2D eigenvalue weighted by atomic mass is 10.1. The molecule has 0 saturated heterocycles.